The fourth-order valence-electron chi connectivity index (χ4n) is 1.46. The molecule has 0 heterocycles. The average Bonchev–Trinajstić information content (AvgIpc) is 2.98. The van der Waals surface area contributed by atoms with Gasteiger partial charge >= 0.3 is 0 Å². The van der Waals surface area contributed by atoms with E-state index in [4.69, 9.17) is 11.6 Å². The van der Waals surface area contributed by atoms with Crippen LogP contribution in [0.3, 0.4) is 0 Å². The molecule has 1 aromatic carbocycles. The number of carbonyl (C=O) groups excluding carboxylic acids is 1. The molecule has 0 aromatic heterocycles. The molecule has 0 atom stereocenters. The Balaban J connectivity index is 2.05. The Labute approximate surface area is 108 Å². The smallest absolute Gasteiger partial charge is 0.252 e. The lowest BCUT2D eigenvalue weighted by atomic mass is 10.1. The Hall–Kier alpha value is -0.540. The van der Waals surface area contributed by atoms with Crippen LogP contribution in [0.2, 0.25) is 5.02 Å². The van der Waals surface area contributed by atoms with Gasteiger partial charge in [-0.15, -0.1) is 0 Å². The molecular formula is C12H13BrClNO. The summed E-state index contributed by atoms with van der Waals surface area (Å²) in [7, 11) is 0. The van der Waals surface area contributed by atoms with E-state index in [9.17, 15) is 4.79 Å². The normalized spacial score (nSPS) is 16.9. The number of nitrogens with one attached hydrogen (secondary N) is 1. The van der Waals surface area contributed by atoms with Gasteiger partial charge in [-0.1, -0.05) is 24.6 Å². The first-order valence-electron chi connectivity index (χ1n) is 5.24. The van der Waals surface area contributed by atoms with Crippen LogP contribution in [-0.4, -0.2) is 12.5 Å². The summed E-state index contributed by atoms with van der Waals surface area (Å²) in [5.41, 5.74) is 0.842. The summed E-state index contributed by atoms with van der Waals surface area (Å²) >= 11 is 9.35. The van der Waals surface area contributed by atoms with E-state index in [1.54, 1.807) is 6.07 Å². The predicted molar refractivity (Wildman–Crippen MR) is 68.8 cm³/mol. The second-order valence-electron chi connectivity index (χ2n) is 4.59. The standard InChI is InChI=1S/C12H13BrClNO/c1-12(5-6-12)7-15-11(16)8-3-2-4-9(13)10(8)14/h2-4H,5-7H2,1H3,(H,15,16). The third-order valence-electron chi connectivity index (χ3n) is 2.98. The van der Waals surface area contributed by atoms with Crippen molar-refractivity contribution in [3.8, 4) is 0 Å². The van der Waals surface area contributed by atoms with Crippen LogP contribution in [0.1, 0.15) is 30.1 Å². The number of carbonyl (C=O) groups is 1. The number of benzene rings is 1. The van der Waals surface area contributed by atoms with Gasteiger partial charge in [-0.05, 0) is 46.3 Å². The first-order valence-corrected chi connectivity index (χ1v) is 6.41. The molecule has 0 bridgehead atoms. The summed E-state index contributed by atoms with van der Waals surface area (Å²) in [5.74, 6) is -0.0978. The van der Waals surface area contributed by atoms with Gasteiger partial charge < -0.3 is 5.32 Å². The van der Waals surface area contributed by atoms with Gasteiger partial charge in [0, 0.05) is 11.0 Å². The lowest BCUT2D eigenvalue weighted by Crippen LogP contribution is -2.29. The van der Waals surface area contributed by atoms with Gasteiger partial charge in [0.2, 0.25) is 0 Å². The van der Waals surface area contributed by atoms with Crippen molar-refractivity contribution < 1.29 is 4.79 Å². The van der Waals surface area contributed by atoms with E-state index in [0.717, 1.165) is 11.0 Å². The maximum Gasteiger partial charge on any atom is 0.252 e. The largest absolute Gasteiger partial charge is 0.351 e. The molecule has 4 heteroatoms. The molecule has 1 N–H and O–H groups in total. The van der Waals surface area contributed by atoms with Crippen molar-refractivity contribution in [3.05, 3.63) is 33.3 Å². The summed E-state index contributed by atoms with van der Waals surface area (Å²) in [6.45, 7) is 2.91. The molecule has 16 heavy (non-hydrogen) atoms. The Morgan fingerprint density at radius 3 is 2.88 bits per heavy atom. The lowest BCUT2D eigenvalue weighted by Gasteiger charge is -2.11. The van der Waals surface area contributed by atoms with Crippen molar-refractivity contribution in [1.29, 1.82) is 0 Å². The van der Waals surface area contributed by atoms with Gasteiger partial charge in [-0.3, -0.25) is 4.79 Å². The first kappa shape index (κ1) is 11.9. The lowest BCUT2D eigenvalue weighted by molar-refractivity contribution is 0.0946. The Kier molecular flexibility index (Phi) is 3.27. The van der Waals surface area contributed by atoms with Gasteiger partial charge in [-0.2, -0.15) is 0 Å². The summed E-state index contributed by atoms with van der Waals surface area (Å²) in [6, 6.07) is 5.36. The summed E-state index contributed by atoms with van der Waals surface area (Å²) < 4.78 is 0.749. The minimum Gasteiger partial charge on any atom is -0.351 e. The molecule has 2 rings (SSSR count). The van der Waals surface area contributed by atoms with E-state index >= 15 is 0 Å². The monoisotopic (exact) mass is 301 g/mol. The molecule has 0 saturated heterocycles. The third-order valence-corrected chi connectivity index (χ3v) is 4.27. The molecule has 1 aliphatic carbocycles. The Morgan fingerprint density at radius 2 is 2.25 bits per heavy atom. The van der Waals surface area contributed by atoms with Gasteiger partial charge in [-0.25, -0.2) is 0 Å². The molecule has 1 amide bonds. The maximum atomic E-state index is 11.9. The van der Waals surface area contributed by atoms with Crippen LogP contribution >= 0.6 is 27.5 Å². The zero-order valence-electron chi connectivity index (χ0n) is 9.02. The topological polar surface area (TPSA) is 29.1 Å². The van der Waals surface area contributed by atoms with E-state index in [1.807, 2.05) is 12.1 Å². The van der Waals surface area contributed by atoms with Crippen LogP contribution in [0.5, 0.6) is 0 Å². The van der Waals surface area contributed by atoms with Gasteiger partial charge in [0.1, 0.15) is 0 Å². The minimum absolute atomic E-state index is 0.0978. The average molecular weight is 303 g/mol. The van der Waals surface area contributed by atoms with Gasteiger partial charge in [0.15, 0.2) is 0 Å². The summed E-state index contributed by atoms with van der Waals surface area (Å²) in [5, 5.41) is 3.40. The molecule has 0 aliphatic heterocycles. The molecule has 1 aromatic rings. The first-order chi connectivity index (χ1) is 7.52. The molecule has 0 radical (unpaired) electrons. The van der Waals surface area contributed by atoms with Gasteiger partial charge in [0.25, 0.3) is 5.91 Å². The second-order valence-corrected chi connectivity index (χ2v) is 5.83. The maximum absolute atomic E-state index is 11.9. The number of amides is 1. The van der Waals surface area contributed by atoms with Crippen LogP contribution in [0.15, 0.2) is 22.7 Å². The number of rotatable bonds is 3. The molecule has 86 valence electrons. The van der Waals surface area contributed by atoms with Crippen molar-refractivity contribution in [2.75, 3.05) is 6.54 Å². The third kappa shape index (κ3) is 2.58. The fraction of sp³-hybridized carbons (Fsp3) is 0.417. The number of halogens is 2. The van der Waals surface area contributed by atoms with Crippen molar-refractivity contribution in [2.45, 2.75) is 19.8 Å². The minimum atomic E-state index is -0.0978. The van der Waals surface area contributed by atoms with E-state index in [2.05, 4.69) is 28.2 Å². The number of hydrogen-bond acceptors (Lipinski definition) is 1. The number of hydrogen-bond donors (Lipinski definition) is 1. The highest BCUT2D eigenvalue weighted by Crippen LogP contribution is 2.44. The molecule has 0 unspecified atom stereocenters. The van der Waals surface area contributed by atoms with E-state index in [-0.39, 0.29) is 5.91 Å². The van der Waals surface area contributed by atoms with Crippen LogP contribution < -0.4 is 5.32 Å². The van der Waals surface area contributed by atoms with Crippen molar-refractivity contribution in [3.63, 3.8) is 0 Å². The summed E-state index contributed by atoms with van der Waals surface area (Å²) in [6.07, 6.45) is 2.39. The molecule has 1 fully saturated rings. The summed E-state index contributed by atoms with van der Waals surface area (Å²) in [4.78, 5) is 11.9. The zero-order chi connectivity index (χ0) is 11.8. The quantitative estimate of drug-likeness (QED) is 0.907. The van der Waals surface area contributed by atoms with Crippen molar-refractivity contribution in [2.24, 2.45) is 5.41 Å². The Morgan fingerprint density at radius 1 is 1.56 bits per heavy atom. The van der Waals surface area contributed by atoms with Crippen LogP contribution in [0.4, 0.5) is 0 Å². The second kappa shape index (κ2) is 4.38. The van der Waals surface area contributed by atoms with E-state index in [0.29, 0.717) is 16.0 Å². The SMILES string of the molecule is CC1(CNC(=O)c2cccc(Br)c2Cl)CC1. The Bertz CT molecular complexity index is 429. The highest BCUT2D eigenvalue weighted by atomic mass is 79.9. The fourth-order valence-corrected chi connectivity index (χ4v) is 2.04. The van der Waals surface area contributed by atoms with Gasteiger partial charge in [0.05, 0.1) is 10.6 Å². The molecule has 2 nitrogen and oxygen atoms in total. The van der Waals surface area contributed by atoms with E-state index < -0.39 is 0 Å². The highest BCUT2D eigenvalue weighted by Gasteiger charge is 2.37. The predicted octanol–water partition coefficient (Wildman–Crippen LogP) is 3.63. The van der Waals surface area contributed by atoms with Crippen LogP contribution in [-0.2, 0) is 0 Å². The molecular weight excluding hydrogens is 289 g/mol. The van der Waals surface area contributed by atoms with E-state index in [1.165, 1.54) is 12.8 Å². The zero-order valence-corrected chi connectivity index (χ0v) is 11.4. The highest BCUT2D eigenvalue weighted by molar-refractivity contribution is 9.10. The molecule has 1 saturated carbocycles. The molecule has 0 spiro atoms. The van der Waals surface area contributed by atoms with Crippen LogP contribution in [0, 0.1) is 5.41 Å². The van der Waals surface area contributed by atoms with Crippen molar-refractivity contribution >= 4 is 33.4 Å². The van der Waals surface area contributed by atoms with Crippen LogP contribution in [0.25, 0.3) is 0 Å². The van der Waals surface area contributed by atoms with Crippen molar-refractivity contribution in [1.82, 2.24) is 5.32 Å². The molecule has 1 aliphatic rings.